The second-order valence-electron chi connectivity index (χ2n) is 8.84. The highest BCUT2D eigenvalue weighted by atomic mass is 32.2. The van der Waals surface area contributed by atoms with E-state index in [9.17, 15) is 13.2 Å². The number of esters is 1. The van der Waals surface area contributed by atoms with Crippen molar-refractivity contribution in [2.24, 2.45) is 0 Å². The number of nitrogens with one attached hydrogen (secondary N) is 2. The van der Waals surface area contributed by atoms with Crippen molar-refractivity contribution in [2.45, 2.75) is 31.4 Å². The molecule has 2 N–H and O–H groups in total. The maximum Gasteiger partial charge on any atom is 0.338 e. The van der Waals surface area contributed by atoms with E-state index in [1.165, 1.54) is 42.0 Å². The Morgan fingerprint density at radius 1 is 1.03 bits per heavy atom. The van der Waals surface area contributed by atoms with Crippen LogP contribution in [0.4, 0.5) is 5.69 Å². The lowest BCUT2D eigenvalue weighted by Gasteiger charge is -2.10. The molecule has 35 heavy (non-hydrogen) atoms. The second kappa shape index (κ2) is 9.89. The first kappa shape index (κ1) is 24.4. The first-order chi connectivity index (χ1) is 16.6. The smallest absolute Gasteiger partial charge is 0.338 e. The number of ether oxygens (including phenoxy) is 1. The summed E-state index contributed by atoms with van der Waals surface area (Å²) in [6, 6.07) is 19.0. The zero-order valence-corrected chi connectivity index (χ0v) is 20.9. The number of benzene rings is 3. The molecular formula is C26H28N4O4S. The molecule has 0 spiro atoms. The van der Waals surface area contributed by atoms with Crippen LogP contribution in [0.3, 0.4) is 0 Å². The van der Waals surface area contributed by atoms with Gasteiger partial charge in [0.15, 0.2) is 0 Å². The summed E-state index contributed by atoms with van der Waals surface area (Å²) in [5, 5.41) is 0. The van der Waals surface area contributed by atoms with Crippen molar-refractivity contribution in [1.82, 2.24) is 14.9 Å². The van der Waals surface area contributed by atoms with Crippen molar-refractivity contribution in [3.63, 3.8) is 0 Å². The van der Waals surface area contributed by atoms with E-state index in [0.717, 1.165) is 17.6 Å². The molecule has 0 aliphatic heterocycles. The molecule has 0 saturated heterocycles. The van der Waals surface area contributed by atoms with Crippen LogP contribution in [0.15, 0.2) is 71.6 Å². The molecule has 3 aromatic carbocycles. The fraction of sp³-hybridized carbons (Fsp3) is 0.231. The highest BCUT2D eigenvalue weighted by Crippen LogP contribution is 2.25. The van der Waals surface area contributed by atoms with Crippen molar-refractivity contribution >= 4 is 32.7 Å². The lowest BCUT2D eigenvalue weighted by Crippen LogP contribution is -2.14. The van der Waals surface area contributed by atoms with Crippen LogP contribution < -0.4 is 4.72 Å². The number of nitrogens with zero attached hydrogens (tertiary/aromatic N) is 2. The van der Waals surface area contributed by atoms with E-state index < -0.39 is 16.0 Å². The van der Waals surface area contributed by atoms with Gasteiger partial charge in [-0.1, -0.05) is 24.3 Å². The van der Waals surface area contributed by atoms with Gasteiger partial charge in [0.25, 0.3) is 10.0 Å². The molecule has 0 atom stereocenters. The van der Waals surface area contributed by atoms with E-state index >= 15 is 0 Å². The number of aromatic amines is 1. The Hall–Kier alpha value is -3.69. The zero-order valence-electron chi connectivity index (χ0n) is 20.1. The minimum atomic E-state index is -3.85. The molecular weight excluding hydrogens is 464 g/mol. The number of H-pyrrole nitrogens is 1. The van der Waals surface area contributed by atoms with Gasteiger partial charge in [0.2, 0.25) is 0 Å². The monoisotopic (exact) mass is 492 g/mol. The number of carbonyl (C=O) groups is 1. The third-order valence-corrected chi connectivity index (χ3v) is 6.59. The number of carbonyl (C=O) groups excluding carboxylic acids is 1. The standard InChI is InChI=1S/C26H28N4O4S/c1-17(2)34-26(31)20-9-11-21(12-10-20)29-35(32,33)22-13-14-23-24(15-22)28-25(27-23)19-7-5-18(6-8-19)16-30(3)4/h5-15,17,29H,16H2,1-4H3,(H,27,28). The number of imidazole rings is 1. The van der Waals surface area contributed by atoms with E-state index in [-0.39, 0.29) is 11.0 Å². The molecule has 0 bridgehead atoms. The molecule has 0 saturated carbocycles. The molecule has 0 fully saturated rings. The number of rotatable bonds is 8. The van der Waals surface area contributed by atoms with Gasteiger partial charge in [-0.25, -0.2) is 18.2 Å². The summed E-state index contributed by atoms with van der Waals surface area (Å²) in [6.07, 6.45) is -0.236. The Morgan fingerprint density at radius 3 is 2.34 bits per heavy atom. The Balaban J connectivity index is 1.53. The number of anilines is 1. The molecule has 0 unspecified atom stereocenters. The van der Waals surface area contributed by atoms with Crippen molar-refractivity contribution in [3.05, 3.63) is 77.9 Å². The number of sulfonamides is 1. The van der Waals surface area contributed by atoms with Crippen molar-refractivity contribution in [1.29, 1.82) is 0 Å². The van der Waals surface area contributed by atoms with Gasteiger partial charge in [0, 0.05) is 17.8 Å². The van der Waals surface area contributed by atoms with E-state index in [1.54, 1.807) is 19.9 Å². The first-order valence-electron chi connectivity index (χ1n) is 11.2. The van der Waals surface area contributed by atoms with Crippen LogP contribution in [0, 0.1) is 0 Å². The topological polar surface area (TPSA) is 104 Å². The Morgan fingerprint density at radius 2 is 1.71 bits per heavy atom. The quantitative estimate of drug-likeness (QED) is 0.347. The summed E-state index contributed by atoms with van der Waals surface area (Å²) >= 11 is 0. The molecule has 0 aliphatic carbocycles. The van der Waals surface area contributed by atoms with Gasteiger partial charge >= 0.3 is 5.97 Å². The summed E-state index contributed by atoms with van der Waals surface area (Å²) in [5.74, 6) is 0.212. The van der Waals surface area contributed by atoms with Crippen LogP contribution in [0.25, 0.3) is 22.4 Å². The van der Waals surface area contributed by atoms with Crippen LogP contribution in [-0.2, 0) is 21.3 Å². The normalized spacial score (nSPS) is 11.8. The van der Waals surface area contributed by atoms with Gasteiger partial charge < -0.3 is 14.6 Å². The van der Waals surface area contributed by atoms with Crippen LogP contribution in [-0.4, -0.2) is 49.5 Å². The second-order valence-corrected chi connectivity index (χ2v) is 10.5. The molecule has 182 valence electrons. The Bertz CT molecular complexity index is 1440. The summed E-state index contributed by atoms with van der Waals surface area (Å²) in [7, 11) is 0.187. The van der Waals surface area contributed by atoms with Crippen molar-refractivity contribution in [2.75, 3.05) is 18.8 Å². The van der Waals surface area contributed by atoms with Crippen LogP contribution in [0.2, 0.25) is 0 Å². The molecule has 4 aromatic rings. The molecule has 8 nitrogen and oxygen atoms in total. The molecule has 1 heterocycles. The molecule has 0 aliphatic rings. The molecule has 0 radical (unpaired) electrons. The third kappa shape index (κ3) is 5.87. The van der Waals surface area contributed by atoms with Crippen molar-refractivity contribution < 1.29 is 17.9 Å². The average Bonchev–Trinajstić information content (AvgIpc) is 3.22. The van der Waals surface area contributed by atoms with Gasteiger partial charge in [0.1, 0.15) is 5.82 Å². The van der Waals surface area contributed by atoms with Crippen LogP contribution in [0.5, 0.6) is 0 Å². The van der Waals surface area contributed by atoms with Crippen LogP contribution in [0.1, 0.15) is 29.8 Å². The van der Waals surface area contributed by atoms with Gasteiger partial charge in [-0.05, 0) is 76.0 Å². The first-order valence-corrected chi connectivity index (χ1v) is 12.7. The molecule has 1 aromatic heterocycles. The maximum absolute atomic E-state index is 13.0. The lowest BCUT2D eigenvalue weighted by atomic mass is 10.1. The van der Waals surface area contributed by atoms with Crippen molar-refractivity contribution in [3.8, 4) is 11.4 Å². The van der Waals surface area contributed by atoms with Gasteiger partial charge in [0.05, 0.1) is 27.6 Å². The van der Waals surface area contributed by atoms with E-state index in [1.807, 2.05) is 26.2 Å². The minimum Gasteiger partial charge on any atom is -0.459 e. The number of hydrogen-bond donors (Lipinski definition) is 2. The molecule has 4 rings (SSSR count). The SMILES string of the molecule is CC(C)OC(=O)c1ccc(NS(=O)(=O)c2ccc3[nH]c(-c4ccc(CN(C)C)cc4)nc3c2)cc1. The molecule has 0 amide bonds. The Kier molecular flexibility index (Phi) is 6.90. The number of aromatic nitrogens is 2. The summed E-state index contributed by atoms with van der Waals surface area (Å²) in [6.45, 7) is 4.38. The minimum absolute atomic E-state index is 0.0904. The number of hydrogen-bond acceptors (Lipinski definition) is 6. The zero-order chi connectivity index (χ0) is 25.2. The predicted octanol–water partition coefficient (Wildman–Crippen LogP) is 4.66. The van der Waals surface area contributed by atoms with Gasteiger partial charge in [-0.3, -0.25) is 4.72 Å². The van der Waals surface area contributed by atoms with E-state index in [2.05, 4.69) is 31.7 Å². The molecule has 9 heteroatoms. The maximum atomic E-state index is 13.0. The van der Waals surface area contributed by atoms with E-state index in [0.29, 0.717) is 22.6 Å². The average molecular weight is 493 g/mol. The predicted molar refractivity (Wildman–Crippen MR) is 137 cm³/mol. The largest absolute Gasteiger partial charge is 0.459 e. The highest BCUT2D eigenvalue weighted by Gasteiger charge is 2.17. The Labute approximate surface area is 205 Å². The van der Waals surface area contributed by atoms with Gasteiger partial charge in [-0.15, -0.1) is 0 Å². The number of fused-ring (bicyclic) bond motifs is 1. The summed E-state index contributed by atoms with van der Waals surface area (Å²) in [4.78, 5) is 22.0. The highest BCUT2D eigenvalue weighted by molar-refractivity contribution is 7.92. The van der Waals surface area contributed by atoms with E-state index in [4.69, 9.17) is 4.74 Å². The summed E-state index contributed by atoms with van der Waals surface area (Å²) in [5.41, 5.74) is 4.09. The third-order valence-electron chi connectivity index (χ3n) is 5.21. The van der Waals surface area contributed by atoms with Crippen LogP contribution >= 0.6 is 0 Å². The fourth-order valence-electron chi connectivity index (χ4n) is 3.59. The lowest BCUT2D eigenvalue weighted by molar-refractivity contribution is 0.0378. The summed E-state index contributed by atoms with van der Waals surface area (Å²) < 4.78 is 33.6. The fourth-order valence-corrected chi connectivity index (χ4v) is 4.67. The van der Waals surface area contributed by atoms with Gasteiger partial charge in [-0.2, -0.15) is 0 Å².